The average Bonchev–Trinajstić information content (AvgIpc) is 2.38. The number of nitrogens with one attached hydrogen (secondary N) is 1. The fourth-order valence-electron chi connectivity index (χ4n) is 1.36. The summed E-state index contributed by atoms with van der Waals surface area (Å²) in [6, 6.07) is 9.41. The van der Waals surface area contributed by atoms with Crippen LogP contribution >= 0.6 is 23.4 Å². The van der Waals surface area contributed by atoms with Gasteiger partial charge in [0, 0.05) is 12.3 Å². The van der Waals surface area contributed by atoms with Gasteiger partial charge in [-0.05, 0) is 17.7 Å². The molecule has 1 rings (SSSR count). The summed E-state index contributed by atoms with van der Waals surface area (Å²) in [7, 11) is 0. The molecular weight excluding hydrogens is 254 g/mol. The first kappa shape index (κ1) is 14.4. The number of amides is 1. The SMILES string of the molecule is CCCSCCNC(=O)C(Cl)c1ccccc1. The Labute approximate surface area is 112 Å². The maximum Gasteiger partial charge on any atom is 0.242 e. The second-order valence-electron chi connectivity index (χ2n) is 3.68. The van der Waals surface area contributed by atoms with E-state index in [1.165, 1.54) is 6.42 Å². The van der Waals surface area contributed by atoms with Crippen LogP contribution in [-0.4, -0.2) is 24.0 Å². The van der Waals surface area contributed by atoms with Crippen LogP contribution in [-0.2, 0) is 4.79 Å². The molecule has 1 amide bonds. The molecule has 1 N–H and O–H groups in total. The lowest BCUT2D eigenvalue weighted by atomic mass is 10.1. The van der Waals surface area contributed by atoms with Crippen molar-refractivity contribution in [2.75, 3.05) is 18.1 Å². The Balaban J connectivity index is 2.28. The Bertz CT molecular complexity index is 331. The lowest BCUT2D eigenvalue weighted by Gasteiger charge is -2.10. The van der Waals surface area contributed by atoms with Crippen molar-refractivity contribution >= 4 is 29.3 Å². The van der Waals surface area contributed by atoms with Crippen molar-refractivity contribution in [3.63, 3.8) is 0 Å². The Hall–Kier alpha value is -0.670. The van der Waals surface area contributed by atoms with Gasteiger partial charge in [0.2, 0.25) is 5.91 Å². The van der Waals surface area contributed by atoms with Gasteiger partial charge in [0.05, 0.1) is 0 Å². The third-order valence-electron chi connectivity index (χ3n) is 2.22. The second kappa shape index (κ2) is 8.43. The standard InChI is InChI=1S/C13H18ClNOS/c1-2-9-17-10-8-15-13(16)12(14)11-6-4-3-5-7-11/h3-7,12H,2,8-10H2,1H3,(H,15,16). The quantitative estimate of drug-likeness (QED) is 0.609. The first-order chi connectivity index (χ1) is 8.25. The summed E-state index contributed by atoms with van der Waals surface area (Å²) in [6.07, 6.45) is 1.17. The summed E-state index contributed by atoms with van der Waals surface area (Å²) >= 11 is 7.92. The molecule has 0 aliphatic rings. The third-order valence-corrected chi connectivity index (χ3v) is 3.86. The fraction of sp³-hybridized carbons (Fsp3) is 0.462. The van der Waals surface area contributed by atoms with Crippen molar-refractivity contribution in [1.82, 2.24) is 5.32 Å². The number of thioether (sulfide) groups is 1. The highest BCUT2D eigenvalue weighted by Crippen LogP contribution is 2.19. The van der Waals surface area contributed by atoms with E-state index in [9.17, 15) is 4.79 Å². The molecule has 0 aromatic heterocycles. The Morgan fingerprint density at radius 1 is 1.35 bits per heavy atom. The van der Waals surface area contributed by atoms with Gasteiger partial charge in [0.25, 0.3) is 0 Å². The molecule has 1 aromatic rings. The van der Waals surface area contributed by atoms with E-state index in [-0.39, 0.29) is 5.91 Å². The van der Waals surface area contributed by atoms with Crippen LogP contribution in [0.2, 0.25) is 0 Å². The third kappa shape index (κ3) is 5.46. The number of halogens is 1. The Morgan fingerprint density at radius 3 is 2.71 bits per heavy atom. The molecule has 0 heterocycles. The summed E-state index contributed by atoms with van der Waals surface area (Å²) in [5, 5.41) is 2.26. The van der Waals surface area contributed by atoms with Crippen LogP contribution < -0.4 is 5.32 Å². The molecule has 1 aromatic carbocycles. The molecule has 0 aliphatic carbocycles. The molecule has 2 nitrogen and oxygen atoms in total. The zero-order valence-electron chi connectivity index (χ0n) is 9.99. The van der Waals surface area contributed by atoms with Gasteiger partial charge in [-0.15, -0.1) is 11.6 Å². The van der Waals surface area contributed by atoms with E-state index >= 15 is 0 Å². The summed E-state index contributed by atoms with van der Waals surface area (Å²) in [6.45, 7) is 2.83. The minimum Gasteiger partial charge on any atom is -0.354 e. The minimum absolute atomic E-state index is 0.116. The zero-order valence-corrected chi connectivity index (χ0v) is 11.6. The van der Waals surface area contributed by atoms with E-state index in [4.69, 9.17) is 11.6 Å². The van der Waals surface area contributed by atoms with Crippen LogP contribution in [0.5, 0.6) is 0 Å². The molecule has 17 heavy (non-hydrogen) atoms. The minimum atomic E-state index is -0.590. The molecule has 1 atom stereocenters. The second-order valence-corrected chi connectivity index (χ2v) is 5.34. The maximum atomic E-state index is 11.7. The molecule has 0 spiro atoms. The normalized spacial score (nSPS) is 12.1. The van der Waals surface area contributed by atoms with E-state index in [2.05, 4.69) is 12.2 Å². The fourth-order valence-corrected chi connectivity index (χ4v) is 2.32. The molecule has 0 saturated heterocycles. The summed E-state index contributed by atoms with van der Waals surface area (Å²) in [4.78, 5) is 11.7. The number of rotatable bonds is 7. The van der Waals surface area contributed by atoms with Crippen LogP contribution in [0.25, 0.3) is 0 Å². The van der Waals surface area contributed by atoms with Crippen LogP contribution in [0.15, 0.2) is 30.3 Å². The zero-order chi connectivity index (χ0) is 12.5. The van der Waals surface area contributed by atoms with E-state index in [0.717, 1.165) is 17.1 Å². The van der Waals surface area contributed by atoms with Gasteiger partial charge in [-0.2, -0.15) is 11.8 Å². The number of carbonyl (C=O) groups excluding carboxylic acids is 1. The Morgan fingerprint density at radius 2 is 2.06 bits per heavy atom. The maximum absolute atomic E-state index is 11.7. The van der Waals surface area contributed by atoms with Gasteiger partial charge in [-0.25, -0.2) is 0 Å². The van der Waals surface area contributed by atoms with Crippen LogP contribution in [0.3, 0.4) is 0 Å². The highest BCUT2D eigenvalue weighted by Gasteiger charge is 2.16. The van der Waals surface area contributed by atoms with Crippen molar-refractivity contribution in [3.05, 3.63) is 35.9 Å². The summed E-state index contributed by atoms with van der Waals surface area (Å²) in [5.74, 6) is 1.96. The van der Waals surface area contributed by atoms with Crippen molar-refractivity contribution in [2.24, 2.45) is 0 Å². The van der Waals surface area contributed by atoms with Crippen LogP contribution in [0.4, 0.5) is 0 Å². The molecule has 0 saturated carbocycles. The highest BCUT2D eigenvalue weighted by molar-refractivity contribution is 7.99. The average molecular weight is 272 g/mol. The van der Waals surface area contributed by atoms with Gasteiger partial charge in [0.1, 0.15) is 5.38 Å². The predicted molar refractivity (Wildman–Crippen MR) is 75.7 cm³/mol. The number of hydrogen-bond acceptors (Lipinski definition) is 2. The summed E-state index contributed by atoms with van der Waals surface area (Å²) < 4.78 is 0. The molecule has 0 fully saturated rings. The number of alkyl halides is 1. The van der Waals surface area contributed by atoms with Crippen molar-refractivity contribution in [2.45, 2.75) is 18.7 Å². The van der Waals surface area contributed by atoms with Crippen molar-refractivity contribution < 1.29 is 4.79 Å². The molecule has 1 unspecified atom stereocenters. The van der Waals surface area contributed by atoms with Gasteiger partial charge in [-0.3, -0.25) is 4.79 Å². The topological polar surface area (TPSA) is 29.1 Å². The molecule has 4 heteroatoms. The Kier molecular flexibility index (Phi) is 7.13. The summed E-state index contributed by atoms with van der Waals surface area (Å²) in [5.41, 5.74) is 0.841. The van der Waals surface area contributed by atoms with Gasteiger partial charge >= 0.3 is 0 Å². The van der Waals surface area contributed by atoms with Crippen molar-refractivity contribution in [1.29, 1.82) is 0 Å². The van der Waals surface area contributed by atoms with Gasteiger partial charge in [-0.1, -0.05) is 37.3 Å². The van der Waals surface area contributed by atoms with E-state index < -0.39 is 5.38 Å². The number of carbonyl (C=O) groups is 1. The largest absolute Gasteiger partial charge is 0.354 e. The molecule has 0 radical (unpaired) electrons. The van der Waals surface area contributed by atoms with Gasteiger partial charge in [0.15, 0.2) is 0 Å². The predicted octanol–water partition coefficient (Wildman–Crippen LogP) is 3.23. The van der Waals surface area contributed by atoms with E-state index in [1.807, 2.05) is 42.1 Å². The first-order valence-electron chi connectivity index (χ1n) is 5.80. The van der Waals surface area contributed by atoms with Crippen LogP contribution in [0, 0.1) is 0 Å². The molecule has 0 aliphatic heterocycles. The van der Waals surface area contributed by atoms with E-state index in [1.54, 1.807) is 0 Å². The number of benzene rings is 1. The van der Waals surface area contributed by atoms with Crippen molar-refractivity contribution in [3.8, 4) is 0 Å². The van der Waals surface area contributed by atoms with E-state index in [0.29, 0.717) is 6.54 Å². The lowest BCUT2D eigenvalue weighted by Crippen LogP contribution is -2.29. The molecule has 0 bridgehead atoms. The van der Waals surface area contributed by atoms with Gasteiger partial charge < -0.3 is 5.32 Å². The highest BCUT2D eigenvalue weighted by atomic mass is 35.5. The number of hydrogen-bond donors (Lipinski definition) is 1. The smallest absolute Gasteiger partial charge is 0.242 e. The lowest BCUT2D eigenvalue weighted by molar-refractivity contribution is -0.120. The monoisotopic (exact) mass is 271 g/mol. The molecular formula is C13H18ClNOS. The molecule has 94 valence electrons. The first-order valence-corrected chi connectivity index (χ1v) is 7.39. The van der Waals surface area contributed by atoms with Crippen LogP contribution in [0.1, 0.15) is 24.3 Å².